The van der Waals surface area contributed by atoms with Crippen molar-refractivity contribution in [2.24, 2.45) is 0 Å². The largest absolute Gasteiger partial charge is 0.376 e. The Morgan fingerprint density at radius 3 is 2.69 bits per heavy atom. The minimum absolute atomic E-state index is 0.108. The summed E-state index contributed by atoms with van der Waals surface area (Å²) in [4.78, 5) is 39.0. The summed E-state index contributed by atoms with van der Waals surface area (Å²) in [5.74, 6) is -1.11. The summed E-state index contributed by atoms with van der Waals surface area (Å²) in [6.45, 7) is 2.62. The minimum atomic E-state index is -0.812. The van der Waals surface area contributed by atoms with Crippen LogP contribution in [0.15, 0.2) is 58.1 Å². The Hall–Kier alpha value is -3.59. The van der Waals surface area contributed by atoms with Crippen LogP contribution in [0.25, 0.3) is 5.69 Å². The normalized spacial score (nSPS) is 15.6. The van der Waals surface area contributed by atoms with Crippen molar-refractivity contribution in [1.82, 2.24) is 19.7 Å². The molecule has 1 aromatic heterocycles. The zero-order chi connectivity index (χ0) is 22.7. The monoisotopic (exact) mass is 438 g/mol. The maximum Gasteiger partial charge on any atom is 0.352 e. The lowest BCUT2D eigenvalue weighted by Gasteiger charge is -2.14. The molecule has 1 saturated heterocycles. The SMILES string of the molecule is Cc1cccc(-n2nc(C(=O)NCC3CCCO3)c(=O)n(Cc3ccc(F)cc3)c2=O)c1. The van der Waals surface area contributed by atoms with E-state index in [0.29, 0.717) is 17.9 Å². The van der Waals surface area contributed by atoms with Gasteiger partial charge >= 0.3 is 5.69 Å². The molecule has 0 bridgehead atoms. The second kappa shape index (κ2) is 9.27. The summed E-state index contributed by atoms with van der Waals surface area (Å²) in [5.41, 5.74) is -0.0499. The van der Waals surface area contributed by atoms with Crippen LogP contribution in [0.2, 0.25) is 0 Å². The van der Waals surface area contributed by atoms with E-state index in [1.807, 2.05) is 13.0 Å². The quantitative estimate of drug-likeness (QED) is 0.633. The molecule has 0 aliphatic carbocycles. The molecule has 3 aromatic rings. The third-order valence-electron chi connectivity index (χ3n) is 5.29. The maximum atomic E-state index is 13.3. The highest BCUT2D eigenvalue weighted by atomic mass is 19.1. The molecule has 1 amide bonds. The van der Waals surface area contributed by atoms with Crippen molar-refractivity contribution in [3.8, 4) is 5.69 Å². The Kier molecular flexibility index (Phi) is 6.27. The van der Waals surface area contributed by atoms with Crippen molar-refractivity contribution >= 4 is 5.91 Å². The average Bonchev–Trinajstić information content (AvgIpc) is 3.30. The van der Waals surface area contributed by atoms with E-state index in [1.165, 1.54) is 24.3 Å². The van der Waals surface area contributed by atoms with E-state index in [4.69, 9.17) is 4.74 Å². The molecule has 1 N–H and O–H groups in total. The predicted octanol–water partition coefficient (Wildman–Crippen LogP) is 1.80. The van der Waals surface area contributed by atoms with Crippen LogP contribution in [0, 0.1) is 12.7 Å². The van der Waals surface area contributed by atoms with E-state index >= 15 is 0 Å². The Bertz CT molecular complexity index is 1240. The van der Waals surface area contributed by atoms with Crippen LogP contribution in [-0.2, 0) is 11.3 Å². The molecule has 1 atom stereocenters. The highest BCUT2D eigenvalue weighted by Gasteiger charge is 2.22. The highest BCUT2D eigenvalue weighted by molar-refractivity contribution is 5.91. The number of carbonyl (C=O) groups excluding carboxylic acids is 1. The van der Waals surface area contributed by atoms with Crippen molar-refractivity contribution in [2.75, 3.05) is 13.2 Å². The van der Waals surface area contributed by atoms with Crippen LogP contribution in [0.4, 0.5) is 4.39 Å². The van der Waals surface area contributed by atoms with Gasteiger partial charge in [0.2, 0.25) is 5.69 Å². The second-order valence-electron chi connectivity index (χ2n) is 7.74. The number of hydrogen-bond acceptors (Lipinski definition) is 5. The summed E-state index contributed by atoms with van der Waals surface area (Å²) in [6, 6.07) is 12.5. The molecule has 166 valence electrons. The van der Waals surface area contributed by atoms with Crippen LogP contribution in [0.3, 0.4) is 0 Å². The predicted molar refractivity (Wildman–Crippen MR) is 116 cm³/mol. The van der Waals surface area contributed by atoms with Gasteiger partial charge in [0.25, 0.3) is 11.5 Å². The molecule has 4 rings (SSSR count). The molecule has 2 aromatic carbocycles. The lowest BCUT2D eigenvalue weighted by molar-refractivity contribution is 0.0849. The summed E-state index contributed by atoms with van der Waals surface area (Å²) < 4.78 is 20.8. The second-order valence-corrected chi connectivity index (χ2v) is 7.74. The number of nitrogens with one attached hydrogen (secondary N) is 1. The van der Waals surface area contributed by atoms with E-state index in [-0.39, 0.29) is 19.2 Å². The van der Waals surface area contributed by atoms with Gasteiger partial charge in [-0.3, -0.25) is 14.2 Å². The Morgan fingerprint density at radius 2 is 2.00 bits per heavy atom. The Balaban J connectivity index is 1.76. The summed E-state index contributed by atoms with van der Waals surface area (Å²) in [6.07, 6.45) is 1.63. The molecular formula is C23H23FN4O4. The summed E-state index contributed by atoms with van der Waals surface area (Å²) in [7, 11) is 0. The average molecular weight is 438 g/mol. The van der Waals surface area contributed by atoms with Crippen molar-refractivity contribution in [3.63, 3.8) is 0 Å². The van der Waals surface area contributed by atoms with Gasteiger partial charge in [-0.15, -0.1) is 0 Å². The number of nitrogens with zero attached hydrogens (tertiary/aromatic N) is 3. The first-order valence-electron chi connectivity index (χ1n) is 10.4. The van der Waals surface area contributed by atoms with Crippen LogP contribution in [-0.4, -0.2) is 39.5 Å². The number of hydrogen-bond donors (Lipinski definition) is 1. The minimum Gasteiger partial charge on any atom is -0.376 e. The molecule has 0 radical (unpaired) electrons. The van der Waals surface area contributed by atoms with Gasteiger partial charge in [-0.2, -0.15) is 9.78 Å². The number of ether oxygens (including phenoxy) is 1. The zero-order valence-electron chi connectivity index (χ0n) is 17.6. The fourth-order valence-electron chi connectivity index (χ4n) is 3.59. The molecule has 8 nitrogen and oxygen atoms in total. The van der Waals surface area contributed by atoms with Crippen molar-refractivity contribution in [2.45, 2.75) is 32.4 Å². The molecular weight excluding hydrogens is 415 g/mol. The van der Waals surface area contributed by atoms with E-state index in [2.05, 4.69) is 10.4 Å². The number of rotatable bonds is 6. The van der Waals surface area contributed by atoms with Gasteiger partial charge in [-0.05, 0) is 55.2 Å². The third kappa shape index (κ3) is 4.67. The van der Waals surface area contributed by atoms with Gasteiger partial charge < -0.3 is 10.1 Å². The molecule has 2 heterocycles. The van der Waals surface area contributed by atoms with Crippen molar-refractivity contribution in [1.29, 1.82) is 0 Å². The summed E-state index contributed by atoms with van der Waals surface area (Å²) >= 11 is 0. The van der Waals surface area contributed by atoms with Gasteiger partial charge in [-0.25, -0.2) is 9.18 Å². The molecule has 0 spiro atoms. The Morgan fingerprint density at radius 1 is 1.22 bits per heavy atom. The standard InChI is InChI=1S/C23H23FN4O4/c1-15-4-2-5-18(12-15)28-23(31)27(14-16-7-9-17(24)10-8-16)22(30)20(26-28)21(29)25-13-19-6-3-11-32-19/h2,4-5,7-10,12,19H,3,6,11,13-14H2,1H3,(H,25,29). The molecule has 1 aliphatic heterocycles. The lowest BCUT2D eigenvalue weighted by Crippen LogP contribution is -2.46. The topological polar surface area (TPSA) is 95.2 Å². The van der Waals surface area contributed by atoms with E-state index in [9.17, 15) is 18.8 Å². The van der Waals surface area contributed by atoms with Crippen LogP contribution in [0.5, 0.6) is 0 Å². The first-order chi connectivity index (χ1) is 15.4. The van der Waals surface area contributed by atoms with Crippen molar-refractivity contribution in [3.05, 3.63) is 92.0 Å². The van der Waals surface area contributed by atoms with Gasteiger partial charge in [0.15, 0.2) is 0 Å². The lowest BCUT2D eigenvalue weighted by atomic mass is 10.2. The first kappa shape index (κ1) is 21.6. The van der Waals surface area contributed by atoms with Gasteiger partial charge in [-0.1, -0.05) is 24.3 Å². The Labute approximate surface area is 183 Å². The number of amides is 1. The number of benzene rings is 2. The molecule has 0 saturated carbocycles. The highest BCUT2D eigenvalue weighted by Crippen LogP contribution is 2.11. The molecule has 1 unspecified atom stereocenters. The van der Waals surface area contributed by atoms with E-state index < -0.39 is 28.7 Å². The first-order valence-corrected chi connectivity index (χ1v) is 10.4. The van der Waals surface area contributed by atoms with Crippen LogP contribution in [0.1, 0.15) is 34.5 Å². The van der Waals surface area contributed by atoms with E-state index in [1.54, 1.807) is 18.2 Å². The smallest absolute Gasteiger partial charge is 0.352 e. The van der Waals surface area contributed by atoms with E-state index in [0.717, 1.165) is 27.7 Å². The molecule has 32 heavy (non-hydrogen) atoms. The molecule has 9 heteroatoms. The number of carbonyl (C=O) groups is 1. The number of aryl methyl sites for hydroxylation is 1. The summed E-state index contributed by atoms with van der Waals surface area (Å²) in [5, 5.41) is 6.79. The third-order valence-corrected chi connectivity index (χ3v) is 5.29. The fourth-order valence-corrected chi connectivity index (χ4v) is 3.59. The van der Waals surface area contributed by atoms with Crippen LogP contribution < -0.4 is 16.6 Å². The van der Waals surface area contributed by atoms with Crippen molar-refractivity contribution < 1.29 is 13.9 Å². The number of halogens is 1. The van der Waals surface area contributed by atoms with Gasteiger partial charge in [0.05, 0.1) is 18.3 Å². The van der Waals surface area contributed by atoms with Gasteiger partial charge in [0, 0.05) is 13.2 Å². The number of aromatic nitrogens is 3. The molecule has 1 fully saturated rings. The zero-order valence-corrected chi connectivity index (χ0v) is 17.6. The van der Waals surface area contributed by atoms with Crippen LogP contribution >= 0.6 is 0 Å². The maximum absolute atomic E-state index is 13.3. The fraction of sp³-hybridized carbons (Fsp3) is 0.304. The van der Waals surface area contributed by atoms with Gasteiger partial charge in [0.1, 0.15) is 5.82 Å². The molecule has 1 aliphatic rings.